The van der Waals surface area contributed by atoms with Crippen molar-refractivity contribution >= 4 is 27.5 Å². The van der Waals surface area contributed by atoms with E-state index < -0.39 is 17.2 Å². The lowest BCUT2D eigenvalue weighted by atomic mass is 10.1. The standard InChI is InChI=1S/C17H13F3N4OS/c18-2-1-9(19)5-11-14-12(20)8-26-16(14)17(25)22-15(11)13-6-10-7-21-3-4-24(10)23-13/h1-2,5-6,8,21H,3-4,7H2,(H,22,25)/b2-1+,9-5?. The molecule has 0 saturated heterocycles. The zero-order chi connectivity index (χ0) is 18.3. The second-order valence-corrected chi connectivity index (χ2v) is 6.65. The molecule has 3 aromatic heterocycles. The fourth-order valence-electron chi connectivity index (χ4n) is 3.03. The van der Waals surface area contributed by atoms with Crippen molar-refractivity contribution in [2.45, 2.75) is 13.1 Å². The van der Waals surface area contributed by atoms with Crippen LogP contribution < -0.4 is 10.9 Å². The third kappa shape index (κ3) is 2.78. The zero-order valence-electron chi connectivity index (χ0n) is 13.4. The summed E-state index contributed by atoms with van der Waals surface area (Å²) >= 11 is 0.928. The summed E-state index contributed by atoms with van der Waals surface area (Å²) in [5.41, 5.74) is 1.14. The Morgan fingerprint density at radius 3 is 3.04 bits per heavy atom. The number of nitrogens with one attached hydrogen (secondary N) is 2. The van der Waals surface area contributed by atoms with Crippen molar-refractivity contribution in [2.75, 3.05) is 6.54 Å². The highest BCUT2D eigenvalue weighted by molar-refractivity contribution is 7.17. The Labute approximate surface area is 149 Å². The normalized spacial score (nSPS) is 15.1. The van der Waals surface area contributed by atoms with Crippen molar-refractivity contribution < 1.29 is 13.2 Å². The Hall–Kier alpha value is -2.65. The molecule has 0 aromatic carbocycles. The van der Waals surface area contributed by atoms with E-state index in [2.05, 4.69) is 15.4 Å². The van der Waals surface area contributed by atoms with Crippen LogP contribution in [0, 0.1) is 5.82 Å². The molecule has 0 radical (unpaired) electrons. The second kappa shape index (κ2) is 6.58. The molecule has 0 atom stereocenters. The van der Waals surface area contributed by atoms with Crippen LogP contribution in [-0.2, 0) is 13.1 Å². The van der Waals surface area contributed by atoms with Crippen molar-refractivity contribution in [3.8, 4) is 11.4 Å². The molecule has 0 aliphatic carbocycles. The summed E-state index contributed by atoms with van der Waals surface area (Å²) in [7, 11) is 0. The predicted molar refractivity (Wildman–Crippen MR) is 94.7 cm³/mol. The van der Waals surface area contributed by atoms with E-state index >= 15 is 0 Å². The average Bonchev–Trinajstić information content (AvgIpc) is 3.21. The van der Waals surface area contributed by atoms with Crippen molar-refractivity contribution in [2.24, 2.45) is 0 Å². The summed E-state index contributed by atoms with van der Waals surface area (Å²) in [6, 6.07) is 1.76. The number of rotatable bonds is 3. The molecule has 1 aliphatic heterocycles. The summed E-state index contributed by atoms with van der Waals surface area (Å²) in [6.45, 7) is 2.01. The highest BCUT2D eigenvalue weighted by atomic mass is 32.1. The topological polar surface area (TPSA) is 62.7 Å². The fraction of sp³-hybridized carbons (Fsp3) is 0.176. The van der Waals surface area contributed by atoms with E-state index in [0.29, 0.717) is 24.9 Å². The lowest BCUT2D eigenvalue weighted by molar-refractivity contribution is 0.476. The SMILES string of the molecule is O=c1[nH]c(-c2cc3n(n2)CCNC3)c(C=C(F)/C=C/F)c2c(F)csc12. The number of halogens is 3. The fourth-order valence-corrected chi connectivity index (χ4v) is 3.85. The van der Waals surface area contributed by atoms with Gasteiger partial charge in [0.2, 0.25) is 0 Å². The van der Waals surface area contributed by atoms with Crippen LogP contribution >= 0.6 is 11.3 Å². The van der Waals surface area contributed by atoms with Gasteiger partial charge in [0, 0.05) is 35.5 Å². The van der Waals surface area contributed by atoms with Gasteiger partial charge in [0.05, 0.1) is 24.3 Å². The predicted octanol–water partition coefficient (Wildman–Crippen LogP) is 3.49. The van der Waals surface area contributed by atoms with Crippen molar-refractivity contribution in [3.63, 3.8) is 0 Å². The summed E-state index contributed by atoms with van der Waals surface area (Å²) in [4.78, 5) is 15.0. The van der Waals surface area contributed by atoms with Gasteiger partial charge in [-0.2, -0.15) is 5.10 Å². The van der Waals surface area contributed by atoms with Crippen molar-refractivity contribution in [1.82, 2.24) is 20.1 Å². The number of aromatic nitrogens is 3. The molecule has 2 N–H and O–H groups in total. The molecule has 1 aliphatic rings. The Balaban J connectivity index is 2.02. The molecule has 0 fully saturated rings. The van der Waals surface area contributed by atoms with E-state index in [9.17, 15) is 18.0 Å². The van der Waals surface area contributed by atoms with E-state index in [1.165, 1.54) is 5.38 Å². The molecular formula is C17H13F3N4OS. The van der Waals surface area contributed by atoms with Gasteiger partial charge in [0.1, 0.15) is 22.0 Å². The molecule has 134 valence electrons. The minimum atomic E-state index is -0.904. The largest absolute Gasteiger partial charge is 0.319 e. The van der Waals surface area contributed by atoms with Crippen molar-refractivity contribution in [3.05, 3.63) is 57.1 Å². The number of aromatic amines is 1. The van der Waals surface area contributed by atoms with Gasteiger partial charge in [0.25, 0.3) is 5.56 Å². The quantitative estimate of drug-likeness (QED) is 0.686. The first-order valence-corrected chi connectivity index (χ1v) is 8.71. The highest BCUT2D eigenvalue weighted by Crippen LogP contribution is 2.33. The highest BCUT2D eigenvalue weighted by Gasteiger charge is 2.21. The van der Waals surface area contributed by atoms with Gasteiger partial charge in [-0.05, 0) is 12.1 Å². The van der Waals surface area contributed by atoms with Gasteiger partial charge >= 0.3 is 0 Å². The molecule has 0 unspecified atom stereocenters. The van der Waals surface area contributed by atoms with E-state index in [1.54, 1.807) is 10.7 Å². The first-order chi connectivity index (χ1) is 12.6. The van der Waals surface area contributed by atoms with Crippen LogP contribution in [0.2, 0.25) is 0 Å². The van der Waals surface area contributed by atoms with Crippen LogP contribution in [0.4, 0.5) is 13.2 Å². The Bertz CT molecular complexity index is 1090. The summed E-state index contributed by atoms with van der Waals surface area (Å²) in [6.07, 6.45) is 1.67. The molecule has 0 amide bonds. The van der Waals surface area contributed by atoms with E-state index in [4.69, 9.17) is 0 Å². The molecular weight excluding hydrogens is 365 g/mol. The number of pyridine rings is 1. The number of thiophene rings is 1. The Kier molecular flexibility index (Phi) is 4.25. The maximum absolute atomic E-state index is 14.3. The molecule has 0 saturated carbocycles. The second-order valence-electron chi connectivity index (χ2n) is 5.77. The zero-order valence-corrected chi connectivity index (χ0v) is 14.2. The average molecular weight is 378 g/mol. The minimum Gasteiger partial charge on any atom is -0.319 e. The van der Waals surface area contributed by atoms with Gasteiger partial charge in [-0.25, -0.2) is 13.2 Å². The minimum absolute atomic E-state index is 0.000236. The maximum atomic E-state index is 14.3. The third-order valence-electron chi connectivity index (χ3n) is 4.16. The molecule has 4 heterocycles. The van der Waals surface area contributed by atoms with Gasteiger partial charge < -0.3 is 10.3 Å². The summed E-state index contributed by atoms with van der Waals surface area (Å²) in [5, 5.41) is 8.83. The van der Waals surface area contributed by atoms with Crippen LogP contribution in [0.3, 0.4) is 0 Å². The van der Waals surface area contributed by atoms with Crippen molar-refractivity contribution in [1.29, 1.82) is 0 Å². The molecule has 5 nitrogen and oxygen atoms in total. The van der Waals surface area contributed by atoms with Gasteiger partial charge in [-0.15, -0.1) is 11.3 Å². The molecule has 3 aromatic rings. The third-order valence-corrected chi connectivity index (χ3v) is 5.11. The summed E-state index contributed by atoms with van der Waals surface area (Å²) in [5.74, 6) is -1.54. The van der Waals surface area contributed by atoms with Crippen LogP contribution in [0.5, 0.6) is 0 Å². The monoisotopic (exact) mass is 378 g/mol. The van der Waals surface area contributed by atoms with Gasteiger partial charge in [-0.3, -0.25) is 9.48 Å². The molecule has 9 heteroatoms. The number of fused-ring (bicyclic) bond motifs is 2. The number of allylic oxidation sites excluding steroid dienone is 2. The first kappa shape index (κ1) is 16.8. The van der Waals surface area contributed by atoms with Crippen LogP contribution in [0.25, 0.3) is 27.6 Å². The number of H-pyrrole nitrogens is 1. The number of nitrogens with zero attached hydrogens (tertiary/aromatic N) is 2. The molecule has 4 rings (SSSR count). The Morgan fingerprint density at radius 1 is 1.42 bits per heavy atom. The van der Waals surface area contributed by atoms with E-state index in [0.717, 1.165) is 29.7 Å². The van der Waals surface area contributed by atoms with E-state index in [-0.39, 0.29) is 27.7 Å². The van der Waals surface area contributed by atoms with Gasteiger partial charge in [-0.1, -0.05) is 0 Å². The first-order valence-electron chi connectivity index (χ1n) is 7.83. The van der Waals surface area contributed by atoms with Crippen LogP contribution in [0.1, 0.15) is 11.3 Å². The van der Waals surface area contributed by atoms with Crippen LogP contribution in [0.15, 0.2) is 34.5 Å². The molecule has 0 spiro atoms. The number of hydrogen-bond acceptors (Lipinski definition) is 4. The lowest BCUT2D eigenvalue weighted by Gasteiger charge is -2.13. The lowest BCUT2D eigenvalue weighted by Crippen LogP contribution is -2.28. The smallest absolute Gasteiger partial charge is 0.266 e. The van der Waals surface area contributed by atoms with E-state index in [1.807, 2.05) is 0 Å². The van der Waals surface area contributed by atoms with Gasteiger partial charge in [0.15, 0.2) is 0 Å². The molecule has 0 bridgehead atoms. The number of hydrogen-bond donors (Lipinski definition) is 2. The van der Waals surface area contributed by atoms with Crippen LogP contribution in [-0.4, -0.2) is 21.3 Å². The molecule has 26 heavy (non-hydrogen) atoms. The maximum Gasteiger partial charge on any atom is 0.266 e. The summed E-state index contributed by atoms with van der Waals surface area (Å²) < 4.78 is 42.5. The Morgan fingerprint density at radius 2 is 2.27 bits per heavy atom.